The molecule has 18 heavy (non-hydrogen) atoms. The second kappa shape index (κ2) is 6.33. The fraction of sp³-hybridized carbons (Fsp3) is 0.462. The van der Waals surface area contributed by atoms with Gasteiger partial charge in [0.15, 0.2) is 0 Å². The van der Waals surface area contributed by atoms with E-state index in [1.807, 2.05) is 6.92 Å². The molecule has 1 atom stereocenters. The lowest BCUT2D eigenvalue weighted by atomic mass is 10.1. The summed E-state index contributed by atoms with van der Waals surface area (Å²) in [5.74, 6) is -2.33. The van der Waals surface area contributed by atoms with Gasteiger partial charge in [-0.15, -0.1) is 0 Å². The third-order valence-corrected chi connectivity index (χ3v) is 2.70. The minimum absolute atomic E-state index is 0.0527. The van der Waals surface area contributed by atoms with Crippen molar-refractivity contribution in [2.45, 2.75) is 39.2 Å². The zero-order valence-corrected chi connectivity index (χ0v) is 10.6. The first kappa shape index (κ1) is 14.4. The van der Waals surface area contributed by atoms with Gasteiger partial charge in [0.2, 0.25) is 0 Å². The zero-order valence-electron chi connectivity index (χ0n) is 10.6. The summed E-state index contributed by atoms with van der Waals surface area (Å²) in [6.45, 7) is 3.90. The quantitative estimate of drug-likeness (QED) is 0.796. The molecule has 0 aromatic heterocycles. The maximum Gasteiger partial charge on any atom is 0.254 e. The van der Waals surface area contributed by atoms with E-state index in [0.717, 1.165) is 25.3 Å². The van der Waals surface area contributed by atoms with Gasteiger partial charge in [-0.2, -0.15) is 0 Å². The molecule has 0 spiro atoms. The Morgan fingerprint density at radius 3 is 2.67 bits per heavy atom. The van der Waals surface area contributed by atoms with Gasteiger partial charge < -0.3 is 11.1 Å². The zero-order chi connectivity index (χ0) is 13.7. The second-order valence-electron chi connectivity index (χ2n) is 4.37. The van der Waals surface area contributed by atoms with E-state index in [9.17, 15) is 13.6 Å². The van der Waals surface area contributed by atoms with Crippen LogP contribution in [0.5, 0.6) is 0 Å². The van der Waals surface area contributed by atoms with Gasteiger partial charge in [-0.3, -0.25) is 4.79 Å². The van der Waals surface area contributed by atoms with Crippen molar-refractivity contribution in [1.82, 2.24) is 5.32 Å². The van der Waals surface area contributed by atoms with Crippen molar-refractivity contribution in [3.05, 3.63) is 29.3 Å². The first-order valence-electron chi connectivity index (χ1n) is 6.01. The van der Waals surface area contributed by atoms with Gasteiger partial charge in [0.25, 0.3) is 5.91 Å². The van der Waals surface area contributed by atoms with Crippen molar-refractivity contribution >= 4 is 11.6 Å². The highest BCUT2D eigenvalue weighted by Crippen LogP contribution is 2.16. The average molecular weight is 256 g/mol. The molecular formula is C13H18F2N2O. The van der Waals surface area contributed by atoms with Gasteiger partial charge in [0.05, 0.1) is 11.3 Å². The molecule has 1 unspecified atom stereocenters. The number of benzene rings is 1. The predicted molar refractivity (Wildman–Crippen MR) is 67.2 cm³/mol. The summed E-state index contributed by atoms with van der Waals surface area (Å²) in [5.41, 5.74) is 4.86. The Bertz CT molecular complexity index is 435. The Morgan fingerprint density at radius 2 is 2.06 bits per heavy atom. The van der Waals surface area contributed by atoms with Crippen molar-refractivity contribution in [2.75, 3.05) is 5.73 Å². The van der Waals surface area contributed by atoms with Crippen LogP contribution in [-0.2, 0) is 0 Å². The molecule has 0 saturated heterocycles. The Kier molecular flexibility index (Phi) is 5.07. The number of halogens is 2. The molecule has 3 nitrogen and oxygen atoms in total. The highest BCUT2D eigenvalue weighted by atomic mass is 19.1. The normalized spacial score (nSPS) is 12.2. The van der Waals surface area contributed by atoms with Crippen LogP contribution < -0.4 is 11.1 Å². The summed E-state index contributed by atoms with van der Waals surface area (Å²) in [6, 6.07) is 1.59. The fourth-order valence-electron chi connectivity index (χ4n) is 1.62. The van der Waals surface area contributed by atoms with Crippen LogP contribution >= 0.6 is 0 Å². The lowest BCUT2D eigenvalue weighted by Gasteiger charge is -2.14. The molecule has 1 amide bonds. The first-order chi connectivity index (χ1) is 8.45. The molecule has 0 heterocycles. The van der Waals surface area contributed by atoms with Gasteiger partial charge in [-0.25, -0.2) is 8.78 Å². The number of nitrogen functional groups attached to an aromatic ring is 1. The third kappa shape index (κ3) is 3.68. The van der Waals surface area contributed by atoms with E-state index in [0.29, 0.717) is 6.07 Å². The van der Waals surface area contributed by atoms with Crippen molar-refractivity contribution < 1.29 is 13.6 Å². The van der Waals surface area contributed by atoms with Gasteiger partial charge in [0.1, 0.15) is 11.6 Å². The Hall–Kier alpha value is -1.65. The van der Waals surface area contributed by atoms with Gasteiger partial charge in [0, 0.05) is 12.1 Å². The third-order valence-electron chi connectivity index (χ3n) is 2.70. The predicted octanol–water partition coefficient (Wildman–Crippen LogP) is 2.86. The molecule has 100 valence electrons. The van der Waals surface area contributed by atoms with Crippen LogP contribution in [0.25, 0.3) is 0 Å². The summed E-state index contributed by atoms with van der Waals surface area (Å²) in [5, 5.41) is 2.66. The summed E-state index contributed by atoms with van der Waals surface area (Å²) < 4.78 is 26.4. The number of carbonyl (C=O) groups excluding carboxylic acids is 1. The molecule has 0 aliphatic rings. The maximum absolute atomic E-state index is 13.4. The van der Waals surface area contributed by atoms with E-state index < -0.39 is 17.5 Å². The molecule has 0 radical (unpaired) electrons. The van der Waals surface area contributed by atoms with Crippen molar-refractivity contribution in [2.24, 2.45) is 0 Å². The van der Waals surface area contributed by atoms with E-state index in [-0.39, 0.29) is 17.3 Å². The second-order valence-corrected chi connectivity index (χ2v) is 4.37. The van der Waals surface area contributed by atoms with Crippen LogP contribution in [0, 0.1) is 11.6 Å². The Morgan fingerprint density at radius 1 is 1.39 bits per heavy atom. The van der Waals surface area contributed by atoms with Crippen LogP contribution in [0.15, 0.2) is 12.1 Å². The Labute approximate surface area is 105 Å². The molecule has 1 aromatic carbocycles. The highest BCUT2D eigenvalue weighted by molar-refractivity contribution is 5.95. The molecule has 0 saturated carbocycles. The van der Waals surface area contributed by atoms with Gasteiger partial charge in [-0.05, 0) is 19.4 Å². The molecular weight excluding hydrogens is 238 g/mol. The standard InChI is InChI=1S/C13H18F2N2O/c1-3-4-5-8(2)17-13(18)9-6-12(16)11(15)7-10(9)14/h6-8H,3-5,16H2,1-2H3,(H,17,18). The number of nitrogens with one attached hydrogen (secondary N) is 1. The van der Waals surface area contributed by atoms with Gasteiger partial charge in [-0.1, -0.05) is 19.8 Å². The minimum Gasteiger partial charge on any atom is -0.396 e. The number of hydrogen-bond acceptors (Lipinski definition) is 2. The summed E-state index contributed by atoms with van der Waals surface area (Å²) >= 11 is 0. The topological polar surface area (TPSA) is 55.1 Å². The van der Waals surface area contributed by atoms with E-state index in [1.54, 1.807) is 0 Å². The van der Waals surface area contributed by atoms with Crippen LogP contribution in [0.1, 0.15) is 43.5 Å². The number of carbonyl (C=O) groups is 1. The lowest BCUT2D eigenvalue weighted by molar-refractivity contribution is 0.0934. The van der Waals surface area contributed by atoms with Crippen molar-refractivity contribution in [3.63, 3.8) is 0 Å². The number of anilines is 1. The largest absolute Gasteiger partial charge is 0.396 e. The number of hydrogen-bond donors (Lipinski definition) is 2. The molecule has 1 rings (SSSR count). The molecule has 0 bridgehead atoms. The van der Waals surface area contributed by atoms with Crippen LogP contribution in [0.2, 0.25) is 0 Å². The fourth-order valence-corrected chi connectivity index (χ4v) is 1.62. The number of amides is 1. The first-order valence-corrected chi connectivity index (χ1v) is 6.01. The summed E-state index contributed by atoms with van der Waals surface area (Å²) in [6.07, 6.45) is 2.83. The summed E-state index contributed by atoms with van der Waals surface area (Å²) in [7, 11) is 0. The molecule has 1 aromatic rings. The molecule has 0 fully saturated rings. The van der Waals surface area contributed by atoms with E-state index in [2.05, 4.69) is 12.2 Å². The molecule has 0 aliphatic carbocycles. The molecule has 5 heteroatoms. The highest BCUT2D eigenvalue weighted by Gasteiger charge is 2.16. The minimum atomic E-state index is -0.901. The smallest absolute Gasteiger partial charge is 0.254 e. The molecule has 3 N–H and O–H groups in total. The summed E-state index contributed by atoms with van der Waals surface area (Å²) in [4.78, 5) is 11.8. The number of unbranched alkanes of at least 4 members (excludes halogenated alkanes) is 1. The van der Waals surface area contributed by atoms with E-state index in [4.69, 9.17) is 5.73 Å². The maximum atomic E-state index is 13.4. The SMILES string of the molecule is CCCCC(C)NC(=O)c1cc(N)c(F)cc1F. The number of nitrogens with two attached hydrogens (primary N) is 1. The van der Waals surface area contributed by atoms with Gasteiger partial charge >= 0.3 is 0 Å². The Balaban J connectivity index is 2.75. The molecule has 0 aliphatic heterocycles. The average Bonchev–Trinajstić information content (AvgIpc) is 2.31. The van der Waals surface area contributed by atoms with Crippen LogP contribution in [0.4, 0.5) is 14.5 Å². The number of rotatable bonds is 5. The van der Waals surface area contributed by atoms with Crippen molar-refractivity contribution in [1.29, 1.82) is 0 Å². The van der Waals surface area contributed by atoms with E-state index in [1.165, 1.54) is 0 Å². The van der Waals surface area contributed by atoms with E-state index >= 15 is 0 Å². The lowest BCUT2D eigenvalue weighted by Crippen LogP contribution is -2.33. The van der Waals surface area contributed by atoms with Crippen LogP contribution in [0.3, 0.4) is 0 Å². The monoisotopic (exact) mass is 256 g/mol. The van der Waals surface area contributed by atoms with Crippen molar-refractivity contribution in [3.8, 4) is 0 Å². The van der Waals surface area contributed by atoms with Crippen LogP contribution in [-0.4, -0.2) is 11.9 Å².